The normalized spacial score (nSPS) is 13.5. The Morgan fingerprint density at radius 2 is 1.73 bits per heavy atom. The molecule has 186 valence electrons. The quantitative estimate of drug-likeness (QED) is 0.261. The van der Waals surface area contributed by atoms with Crippen LogP contribution < -0.4 is 16.4 Å². The molecule has 2 heterocycles. The molecule has 2 amide bonds. The molecule has 37 heavy (non-hydrogen) atoms. The van der Waals surface area contributed by atoms with Gasteiger partial charge in [0.15, 0.2) is 5.13 Å². The maximum absolute atomic E-state index is 12.3. The number of carbonyl (C=O) groups is 3. The van der Waals surface area contributed by atoms with Gasteiger partial charge in [-0.05, 0) is 66.4 Å². The molecule has 0 saturated heterocycles. The molecule has 0 radical (unpaired) electrons. The summed E-state index contributed by atoms with van der Waals surface area (Å²) in [4.78, 5) is 45.0. The molecule has 2 aromatic carbocycles. The molecule has 1 saturated carbocycles. The van der Waals surface area contributed by atoms with Crippen molar-refractivity contribution in [3.8, 4) is 22.4 Å². The number of pyridine rings is 1. The van der Waals surface area contributed by atoms with E-state index < -0.39 is 17.3 Å². The summed E-state index contributed by atoms with van der Waals surface area (Å²) < 4.78 is 0. The predicted octanol–water partition coefficient (Wildman–Crippen LogP) is 3.94. The maximum Gasteiger partial charge on any atom is 0.315 e. The van der Waals surface area contributed by atoms with Gasteiger partial charge in [0.1, 0.15) is 5.41 Å². The van der Waals surface area contributed by atoms with Crippen molar-refractivity contribution in [2.75, 3.05) is 17.6 Å². The fourth-order valence-electron chi connectivity index (χ4n) is 3.96. The molecule has 1 aliphatic rings. The highest BCUT2D eigenvalue weighted by atomic mass is 32.1. The topological polar surface area (TPSA) is 147 Å². The van der Waals surface area contributed by atoms with E-state index >= 15 is 0 Å². The van der Waals surface area contributed by atoms with Crippen LogP contribution in [0, 0.1) is 0 Å². The molecule has 1 aliphatic carbocycles. The summed E-state index contributed by atoms with van der Waals surface area (Å²) in [6.45, 7) is -0.199. The van der Waals surface area contributed by atoms with Crippen molar-refractivity contribution in [2.45, 2.75) is 18.3 Å². The summed E-state index contributed by atoms with van der Waals surface area (Å²) in [6, 6.07) is 17.8. The molecule has 0 spiro atoms. The van der Waals surface area contributed by atoms with Gasteiger partial charge in [0.2, 0.25) is 5.91 Å². The molecular formula is C27H23N5O4S. The van der Waals surface area contributed by atoms with Crippen LogP contribution in [0.25, 0.3) is 22.4 Å². The number of amides is 2. The third kappa shape index (κ3) is 5.19. The molecule has 4 aromatic rings. The first kappa shape index (κ1) is 24.1. The summed E-state index contributed by atoms with van der Waals surface area (Å²) >= 11 is 1.28. The fourth-order valence-corrected chi connectivity index (χ4v) is 4.69. The zero-order valence-corrected chi connectivity index (χ0v) is 20.4. The largest absolute Gasteiger partial charge is 0.481 e. The zero-order valence-electron chi connectivity index (χ0n) is 19.6. The smallest absolute Gasteiger partial charge is 0.315 e. The number of benzene rings is 2. The number of carbonyl (C=O) groups excluding carboxylic acids is 2. The number of hydrogen-bond donors (Lipinski definition) is 4. The number of nitrogens with one attached hydrogen (secondary N) is 2. The number of anilines is 2. The average Bonchev–Trinajstić information content (AvgIpc) is 3.61. The van der Waals surface area contributed by atoms with E-state index in [4.69, 9.17) is 5.73 Å². The molecule has 1 fully saturated rings. The number of nitrogen functional groups attached to an aromatic ring is 1. The lowest BCUT2D eigenvalue weighted by Crippen LogP contribution is -2.32. The molecule has 2 aromatic heterocycles. The minimum Gasteiger partial charge on any atom is -0.481 e. The van der Waals surface area contributed by atoms with Crippen molar-refractivity contribution in [1.29, 1.82) is 0 Å². The van der Waals surface area contributed by atoms with Crippen LogP contribution in [0.4, 0.5) is 10.8 Å². The van der Waals surface area contributed by atoms with Gasteiger partial charge in [0.25, 0.3) is 5.91 Å². The van der Waals surface area contributed by atoms with Crippen molar-refractivity contribution in [2.24, 2.45) is 0 Å². The van der Waals surface area contributed by atoms with Gasteiger partial charge < -0.3 is 21.5 Å². The van der Waals surface area contributed by atoms with Crippen LogP contribution in [-0.4, -0.2) is 39.4 Å². The third-order valence-corrected chi connectivity index (χ3v) is 6.99. The first-order valence-corrected chi connectivity index (χ1v) is 12.4. The fraction of sp³-hybridized carbons (Fsp3) is 0.148. The van der Waals surface area contributed by atoms with Crippen LogP contribution in [0.1, 0.15) is 28.9 Å². The van der Waals surface area contributed by atoms with Gasteiger partial charge in [-0.2, -0.15) is 0 Å². The van der Waals surface area contributed by atoms with Crippen molar-refractivity contribution in [1.82, 2.24) is 15.3 Å². The van der Waals surface area contributed by atoms with Gasteiger partial charge in [0, 0.05) is 28.4 Å². The van der Waals surface area contributed by atoms with Crippen molar-refractivity contribution in [3.63, 3.8) is 0 Å². The van der Waals surface area contributed by atoms with E-state index in [0.717, 1.165) is 16.7 Å². The Labute approximate surface area is 216 Å². The Bertz CT molecular complexity index is 1490. The first-order valence-electron chi connectivity index (χ1n) is 11.5. The van der Waals surface area contributed by atoms with Crippen LogP contribution in [0.3, 0.4) is 0 Å². The number of nitrogens with two attached hydrogens (primary N) is 1. The third-order valence-electron chi connectivity index (χ3n) is 6.23. The highest BCUT2D eigenvalue weighted by molar-refractivity contribution is 7.14. The van der Waals surface area contributed by atoms with E-state index in [0.29, 0.717) is 40.6 Å². The molecule has 0 unspecified atom stereocenters. The van der Waals surface area contributed by atoms with Crippen LogP contribution in [-0.2, 0) is 15.0 Å². The van der Waals surface area contributed by atoms with Crippen LogP contribution in [0.2, 0.25) is 0 Å². The van der Waals surface area contributed by atoms with Gasteiger partial charge >= 0.3 is 5.97 Å². The number of aromatic nitrogens is 2. The predicted molar refractivity (Wildman–Crippen MR) is 141 cm³/mol. The Kier molecular flexibility index (Phi) is 6.41. The maximum atomic E-state index is 12.3. The molecule has 5 rings (SSSR count). The van der Waals surface area contributed by atoms with E-state index in [-0.39, 0.29) is 12.5 Å². The van der Waals surface area contributed by atoms with Gasteiger partial charge in [-0.25, -0.2) is 4.98 Å². The number of carboxylic acids is 1. The van der Waals surface area contributed by atoms with E-state index in [2.05, 4.69) is 20.6 Å². The number of aliphatic carboxylic acids is 1. The van der Waals surface area contributed by atoms with E-state index in [1.54, 1.807) is 30.5 Å². The Morgan fingerprint density at radius 1 is 1.00 bits per heavy atom. The lowest BCUT2D eigenvalue weighted by Gasteiger charge is -2.11. The van der Waals surface area contributed by atoms with Crippen molar-refractivity contribution in [3.05, 3.63) is 83.5 Å². The second kappa shape index (κ2) is 9.82. The SMILES string of the molecule is Nc1ccc(C(=O)NCC(=O)Nc2nc(-c3cccc(-c4ccnc(C5(C(=O)O)CC5)c4)c3)cs2)cc1. The summed E-state index contributed by atoms with van der Waals surface area (Å²) in [5.41, 5.74) is 9.61. The van der Waals surface area contributed by atoms with Crippen molar-refractivity contribution < 1.29 is 19.5 Å². The number of thiazole rings is 1. The van der Waals surface area contributed by atoms with Crippen LogP contribution in [0.15, 0.2) is 72.2 Å². The standard InChI is InChI=1S/C27H23N5O4S/c28-20-6-4-16(5-7-20)24(34)30-14-23(33)32-26-31-21(15-37-26)19-3-1-2-17(12-19)18-8-11-29-22(13-18)27(9-10-27)25(35)36/h1-8,11-13,15H,9-10,14,28H2,(H,30,34)(H,35,36)(H,31,32,33). The van der Waals surface area contributed by atoms with E-state index in [9.17, 15) is 19.5 Å². The van der Waals surface area contributed by atoms with Gasteiger partial charge in [0.05, 0.1) is 17.9 Å². The van der Waals surface area contributed by atoms with E-state index in [1.807, 2.05) is 41.8 Å². The van der Waals surface area contributed by atoms with Crippen LogP contribution >= 0.6 is 11.3 Å². The Hall–Kier alpha value is -4.57. The van der Waals surface area contributed by atoms with Gasteiger partial charge in [-0.3, -0.25) is 19.4 Å². The minimum atomic E-state index is -0.871. The molecule has 0 atom stereocenters. The van der Waals surface area contributed by atoms with Crippen molar-refractivity contribution >= 4 is 39.9 Å². The average molecular weight is 514 g/mol. The Morgan fingerprint density at radius 3 is 2.46 bits per heavy atom. The van der Waals surface area contributed by atoms with Gasteiger partial charge in [-0.15, -0.1) is 11.3 Å². The summed E-state index contributed by atoms with van der Waals surface area (Å²) in [6.07, 6.45) is 2.83. The molecule has 0 bridgehead atoms. The second-order valence-corrected chi connectivity index (χ2v) is 9.65. The summed E-state index contributed by atoms with van der Waals surface area (Å²) in [5.74, 6) is -1.61. The highest BCUT2D eigenvalue weighted by Crippen LogP contribution is 2.48. The summed E-state index contributed by atoms with van der Waals surface area (Å²) in [7, 11) is 0. The zero-order chi connectivity index (χ0) is 26.0. The van der Waals surface area contributed by atoms with E-state index in [1.165, 1.54) is 11.3 Å². The number of carboxylic acid groups (broad SMARTS) is 1. The Balaban J connectivity index is 1.24. The number of rotatable bonds is 8. The molecule has 0 aliphatic heterocycles. The molecule has 5 N–H and O–H groups in total. The molecular weight excluding hydrogens is 490 g/mol. The first-order chi connectivity index (χ1) is 17.8. The monoisotopic (exact) mass is 513 g/mol. The van der Waals surface area contributed by atoms with Gasteiger partial charge in [-0.1, -0.05) is 18.2 Å². The summed E-state index contributed by atoms with van der Waals surface area (Å²) in [5, 5.41) is 17.1. The molecule has 9 nitrogen and oxygen atoms in total. The lowest BCUT2D eigenvalue weighted by molar-refractivity contribution is -0.140. The number of hydrogen-bond acceptors (Lipinski definition) is 7. The lowest BCUT2D eigenvalue weighted by atomic mass is 9.97. The number of nitrogens with zero attached hydrogens (tertiary/aromatic N) is 2. The van der Waals surface area contributed by atoms with Crippen LogP contribution in [0.5, 0.6) is 0 Å². The second-order valence-electron chi connectivity index (χ2n) is 8.79. The minimum absolute atomic E-state index is 0.199. The highest BCUT2D eigenvalue weighted by Gasteiger charge is 2.53. The molecule has 10 heteroatoms.